The molecule has 1 atom stereocenters. The van der Waals surface area contributed by atoms with E-state index < -0.39 is 0 Å². The third kappa shape index (κ3) is 3.37. The molecule has 0 fully saturated rings. The molecule has 102 valence electrons. The van der Waals surface area contributed by atoms with Crippen LogP contribution >= 0.6 is 0 Å². The largest absolute Gasteiger partial charge is 0.508 e. The van der Waals surface area contributed by atoms with Gasteiger partial charge in [-0.2, -0.15) is 5.26 Å². The Morgan fingerprint density at radius 1 is 1.10 bits per heavy atom. The number of nitrogens with zero attached hydrogens (tertiary/aromatic N) is 2. The fourth-order valence-corrected chi connectivity index (χ4v) is 2.23. The summed E-state index contributed by atoms with van der Waals surface area (Å²) in [6.07, 6.45) is 0. The van der Waals surface area contributed by atoms with Gasteiger partial charge in [-0.15, -0.1) is 0 Å². The van der Waals surface area contributed by atoms with Crippen LogP contribution in [-0.2, 0) is 6.54 Å². The highest BCUT2D eigenvalue weighted by atomic mass is 16.3. The van der Waals surface area contributed by atoms with E-state index in [2.05, 4.69) is 23.1 Å². The molecule has 0 aliphatic heterocycles. The average molecular weight is 266 g/mol. The first-order valence-corrected chi connectivity index (χ1v) is 6.71. The molecule has 1 N–H and O–H groups in total. The van der Waals surface area contributed by atoms with Gasteiger partial charge < -0.3 is 5.11 Å². The lowest BCUT2D eigenvalue weighted by atomic mass is 10.1. The van der Waals surface area contributed by atoms with Crippen LogP contribution in [0.2, 0.25) is 0 Å². The van der Waals surface area contributed by atoms with Crippen molar-refractivity contribution in [1.82, 2.24) is 4.90 Å². The van der Waals surface area contributed by atoms with Crippen molar-refractivity contribution in [2.45, 2.75) is 19.5 Å². The number of aromatic hydroxyl groups is 1. The Morgan fingerprint density at radius 3 is 2.30 bits per heavy atom. The number of hydrogen-bond acceptors (Lipinski definition) is 3. The molecule has 0 aliphatic carbocycles. The van der Waals surface area contributed by atoms with Crippen LogP contribution in [0.25, 0.3) is 0 Å². The van der Waals surface area contributed by atoms with Crippen LogP contribution in [0.1, 0.15) is 24.1 Å². The first-order valence-electron chi connectivity index (χ1n) is 6.71. The molecule has 0 aromatic heterocycles. The first-order chi connectivity index (χ1) is 9.74. The van der Waals surface area contributed by atoms with Crippen LogP contribution in [0.3, 0.4) is 0 Å². The number of nitriles is 1. The van der Waals surface area contributed by atoms with Crippen LogP contribution in [-0.4, -0.2) is 16.6 Å². The number of benzene rings is 2. The van der Waals surface area contributed by atoms with Gasteiger partial charge in [0.25, 0.3) is 0 Å². The van der Waals surface area contributed by atoms with E-state index in [0.29, 0.717) is 0 Å². The first kappa shape index (κ1) is 14.1. The Bertz CT molecular complexity index is 572. The third-order valence-corrected chi connectivity index (χ3v) is 3.33. The monoisotopic (exact) mass is 266 g/mol. The summed E-state index contributed by atoms with van der Waals surface area (Å²) in [7, 11) is 0. The fraction of sp³-hybridized carbons (Fsp3) is 0.235. The second kappa shape index (κ2) is 6.74. The molecule has 0 spiro atoms. The Balaban J connectivity index is 2.20. The van der Waals surface area contributed by atoms with Crippen LogP contribution in [0.15, 0.2) is 54.6 Å². The molecule has 2 aromatic carbocycles. The van der Waals surface area contributed by atoms with Gasteiger partial charge in [0.2, 0.25) is 0 Å². The molecule has 0 bridgehead atoms. The van der Waals surface area contributed by atoms with Crippen molar-refractivity contribution >= 4 is 0 Å². The van der Waals surface area contributed by atoms with E-state index in [1.165, 1.54) is 5.56 Å². The Labute approximate surface area is 119 Å². The number of phenols is 1. The van der Waals surface area contributed by atoms with Crippen molar-refractivity contribution in [3.63, 3.8) is 0 Å². The zero-order valence-corrected chi connectivity index (χ0v) is 11.5. The predicted octanol–water partition coefficient (Wildman–Crippen LogP) is 3.48. The molecule has 1 unspecified atom stereocenters. The van der Waals surface area contributed by atoms with Gasteiger partial charge in [0.15, 0.2) is 0 Å². The van der Waals surface area contributed by atoms with Crippen molar-refractivity contribution in [2.24, 2.45) is 0 Å². The molecular formula is C17H18N2O. The van der Waals surface area contributed by atoms with Gasteiger partial charge in [0, 0.05) is 6.54 Å². The van der Waals surface area contributed by atoms with Crippen molar-refractivity contribution in [3.05, 3.63) is 65.7 Å². The summed E-state index contributed by atoms with van der Waals surface area (Å²) in [5.74, 6) is 0.219. The van der Waals surface area contributed by atoms with Gasteiger partial charge in [0.05, 0.1) is 6.07 Å². The van der Waals surface area contributed by atoms with E-state index in [1.54, 1.807) is 24.3 Å². The van der Waals surface area contributed by atoms with E-state index in [1.807, 2.05) is 25.1 Å². The number of hydrogen-bond donors (Lipinski definition) is 1. The summed E-state index contributed by atoms with van der Waals surface area (Å²) >= 11 is 0. The lowest BCUT2D eigenvalue weighted by Crippen LogP contribution is -2.27. The Kier molecular flexibility index (Phi) is 4.75. The number of phenolic OH excluding ortho intramolecular Hbond substituents is 1. The minimum atomic E-state index is -0.305. The standard InChI is InChI=1S/C17H18N2O/c1-2-19(13-14-6-4-3-5-7-14)17(12-18)15-8-10-16(20)11-9-15/h3-11,17,20H,2,13H2,1H3. The predicted molar refractivity (Wildman–Crippen MR) is 79.0 cm³/mol. The molecule has 3 nitrogen and oxygen atoms in total. The van der Waals surface area contributed by atoms with Crippen LogP contribution in [0.4, 0.5) is 0 Å². The zero-order chi connectivity index (χ0) is 14.4. The Morgan fingerprint density at radius 2 is 1.75 bits per heavy atom. The van der Waals surface area contributed by atoms with Crippen molar-refractivity contribution in [3.8, 4) is 11.8 Å². The molecule has 0 saturated heterocycles. The number of rotatable bonds is 5. The van der Waals surface area contributed by atoms with Crippen molar-refractivity contribution < 1.29 is 5.11 Å². The van der Waals surface area contributed by atoms with Crippen LogP contribution in [0, 0.1) is 11.3 Å². The third-order valence-electron chi connectivity index (χ3n) is 3.33. The van der Waals surface area contributed by atoms with Gasteiger partial charge in [0.1, 0.15) is 11.8 Å². The van der Waals surface area contributed by atoms with E-state index in [4.69, 9.17) is 0 Å². The molecule has 0 aliphatic rings. The quantitative estimate of drug-likeness (QED) is 0.901. The minimum Gasteiger partial charge on any atom is -0.508 e. The second-order valence-corrected chi connectivity index (χ2v) is 4.67. The maximum Gasteiger partial charge on any atom is 0.124 e. The molecule has 20 heavy (non-hydrogen) atoms. The zero-order valence-electron chi connectivity index (χ0n) is 11.5. The van der Waals surface area contributed by atoms with Gasteiger partial charge >= 0.3 is 0 Å². The highest BCUT2D eigenvalue weighted by molar-refractivity contribution is 5.31. The van der Waals surface area contributed by atoms with Crippen LogP contribution in [0.5, 0.6) is 5.75 Å². The lowest BCUT2D eigenvalue weighted by molar-refractivity contribution is 0.239. The maximum atomic E-state index is 9.47. The van der Waals surface area contributed by atoms with Gasteiger partial charge in [-0.1, -0.05) is 49.4 Å². The van der Waals surface area contributed by atoms with E-state index >= 15 is 0 Å². The lowest BCUT2D eigenvalue weighted by Gasteiger charge is -2.26. The highest BCUT2D eigenvalue weighted by Crippen LogP contribution is 2.23. The van der Waals surface area contributed by atoms with Gasteiger partial charge in [-0.3, -0.25) is 4.90 Å². The summed E-state index contributed by atoms with van der Waals surface area (Å²) < 4.78 is 0. The maximum absolute atomic E-state index is 9.47. The SMILES string of the molecule is CCN(Cc1ccccc1)C(C#N)c1ccc(O)cc1. The van der Waals surface area contributed by atoms with Crippen molar-refractivity contribution in [2.75, 3.05) is 6.54 Å². The fourth-order valence-electron chi connectivity index (χ4n) is 2.23. The van der Waals surface area contributed by atoms with Gasteiger partial charge in [-0.25, -0.2) is 0 Å². The molecular weight excluding hydrogens is 248 g/mol. The summed E-state index contributed by atoms with van der Waals surface area (Å²) in [6.45, 7) is 3.57. The minimum absolute atomic E-state index is 0.219. The molecule has 2 rings (SSSR count). The van der Waals surface area contributed by atoms with E-state index in [9.17, 15) is 10.4 Å². The van der Waals surface area contributed by atoms with Crippen molar-refractivity contribution in [1.29, 1.82) is 5.26 Å². The summed E-state index contributed by atoms with van der Waals surface area (Å²) in [5.41, 5.74) is 2.09. The summed E-state index contributed by atoms with van der Waals surface area (Å²) in [4.78, 5) is 2.11. The second-order valence-electron chi connectivity index (χ2n) is 4.67. The van der Waals surface area contributed by atoms with Gasteiger partial charge in [-0.05, 0) is 29.8 Å². The molecule has 0 heterocycles. The van der Waals surface area contributed by atoms with E-state index in [-0.39, 0.29) is 11.8 Å². The normalized spacial score (nSPS) is 12.1. The molecule has 2 aromatic rings. The topological polar surface area (TPSA) is 47.3 Å². The molecule has 0 amide bonds. The van der Waals surface area contributed by atoms with E-state index in [0.717, 1.165) is 18.7 Å². The Hall–Kier alpha value is -2.31. The van der Waals surface area contributed by atoms with Crippen LogP contribution < -0.4 is 0 Å². The molecule has 0 saturated carbocycles. The molecule has 0 radical (unpaired) electrons. The summed E-state index contributed by atoms with van der Waals surface area (Å²) in [6, 6.07) is 19.0. The molecule has 3 heteroatoms. The smallest absolute Gasteiger partial charge is 0.124 e. The average Bonchev–Trinajstić information content (AvgIpc) is 2.49. The summed E-state index contributed by atoms with van der Waals surface area (Å²) in [5, 5.41) is 18.8. The highest BCUT2D eigenvalue weighted by Gasteiger charge is 2.18.